The van der Waals surface area contributed by atoms with E-state index in [2.05, 4.69) is 10.6 Å². The maximum Gasteiger partial charge on any atom is 0.287 e. The van der Waals surface area contributed by atoms with Gasteiger partial charge >= 0.3 is 0 Å². The van der Waals surface area contributed by atoms with E-state index in [1.54, 1.807) is 6.92 Å². The van der Waals surface area contributed by atoms with Gasteiger partial charge in [0.2, 0.25) is 5.91 Å². The van der Waals surface area contributed by atoms with Crippen molar-refractivity contribution in [2.75, 3.05) is 13.6 Å². The number of rotatable bonds is 3. The zero-order chi connectivity index (χ0) is 14.0. The van der Waals surface area contributed by atoms with Crippen molar-refractivity contribution < 1.29 is 18.4 Å². The van der Waals surface area contributed by atoms with E-state index in [1.807, 2.05) is 0 Å². The van der Waals surface area contributed by atoms with Crippen LogP contribution in [0.3, 0.4) is 0 Å². The number of aryl methyl sites for hydroxylation is 1. The molecular formula is C13H13FN2O3. The molecule has 0 spiro atoms. The summed E-state index contributed by atoms with van der Waals surface area (Å²) in [5.74, 6) is -1.12. The molecule has 2 rings (SSSR count). The smallest absolute Gasteiger partial charge is 0.287 e. The van der Waals surface area contributed by atoms with Gasteiger partial charge in [-0.1, -0.05) is 0 Å². The second kappa shape index (κ2) is 5.09. The maximum absolute atomic E-state index is 13.1. The Morgan fingerprint density at radius 1 is 1.37 bits per heavy atom. The topological polar surface area (TPSA) is 71.3 Å². The summed E-state index contributed by atoms with van der Waals surface area (Å²) in [4.78, 5) is 22.9. The van der Waals surface area contributed by atoms with Crippen LogP contribution in [0, 0.1) is 12.7 Å². The monoisotopic (exact) mass is 264 g/mol. The van der Waals surface area contributed by atoms with Gasteiger partial charge in [0, 0.05) is 18.0 Å². The minimum Gasteiger partial charge on any atom is -0.451 e. The van der Waals surface area contributed by atoms with Gasteiger partial charge in [-0.2, -0.15) is 0 Å². The van der Waals surface area contributed by atoms with Crippen molar-refractivity contribution in [3.05, 3.63) is 35.3 Å². The fraction of sp³-hybridized carbons (Fsp3) is 0.231. The van der Waals surface area contributed by atoms with E-state index >= 15 is 0 Å². The number of benzene rings is 1. The van der Waals surface area contributed by atoms with E-state index in [9.17, 15) is 14.0 Å². The van der Waals surface area contributed by atoms with Crippen molar-refractivity contribution >= 4 is 22.8 Å². The van der Waals surface area contributed by atoms with E-state index in [-0.39, 0.29) is 18.2 Å². The van der Waals surface area contributed by atoms with Gasteiger partial charge in [0.25, 0.3) is 5.91 Å². The highest BCUT2D eigenvalue weighted by molar-refractivity contribution is 6.00. The fourth-order valence-corrected chi connectivity index (χ4v) is 1.74. The van der Waals surface area contributed by atoms with Crippen LogP contribution in [0.1, 0.15) is 16.1 Å². The Morgan fingerprint density at radius 3 is 2.79 bits per heavy atom. The van der Waals surface area contributed by atoms with E-state index in [4.69, 9.17) is 4.42 Å². The van der Waals surface area contributed by atoms with Crippen molar-refractivity contribution in [3.63, 3.8) is 0 Å². The maximum atomic E-state index is 13.1. The first-order valence-electron chi connectivity index (χ1n) is 5.70. The number of likely N-dealkylation sites (N-methyl/N-ethyl adjacent to an activating group) is 1. The van der Waals surface area contributed by atoms with Crippen LogP contribution in [0.2, 0.25) is 0 Å². The predicted octanol–water partition coefficient (Wildman–Crippen LogP) is 1.36. The number of nitrogens with one attached hydrogen (secondary N) is 2. The number of amides is 2. The molecule has 0 aliphatic rings. The molecule has 1 heterocycles. The lowest BCUT2D eigenvalue weighted by Crippen LogP contribution is -2.35. The molecule has 0 radical (unpaired) electrons. The number of carbonyl (C=O) groups is 2. The van der Waals surface area contributed by atoms with E-state index in [1.165, 1.54) is 25.2 Å². The summed E-state index contributed by atoms with van der Waals surface area (Å²) in [6, 6.07) is 4.04. The molecule has 0 bridgehead atoms. The lowest BCUT2D eigenvalue weighted by Gasteiger charge is -2.02. The van der Waals surface area contributed by atoms with Gasteiger partial charge < -0.3 is 15.1 Å². The predicted molar refractivity (Wildman–Crippen MR) is 67.3 cm³/mol. The molecule has 0 aliphatic carbocycles. The Hall–Kier alpha value is -2.37. The molecule has 2 N–H and O–H groups in total. The minimum atomic E-state index is -0.502. The highest BCUT2D eigenvalue weighted by Crippen LogP contribution is 2.25. The first-order chi connectivity index (χ1) is 9.02. The highest BCUT2D eigenvalue weighted by Gasteiger charge is 2.18. The molecule has 5 nitrogen and oxygen atoms in total. The highest BCUT2D eigenvalue weighted by atomic mass is 19.1. The van der Waals surface area contributed by atoms with Gasteiger partial charge in [-0.25, -0.2) is 4.39 Å². The molecule has 19 heavy (non-hydrogen) atoms. The van der Waals surface area contributed by atoms with Crippen LogP contribution in [0.15, 0.2) is 22.6 Å². The zero-order valence-corrected chi connectivity index (χ0v) is 10.5. The molecule has 0 atom stereocenters. The first kappa shape index (κ1) is 13.1. The summed E-state index contributed by atoms with van der Waals surface area (Å²) in [6.45, 7) is 1.53. The summed E-state index contributed by atoms with van der Waals surface area (Å²) >= 11 is 0. The average molecular weight is 264 g/mol. The van der Waals surface area contributed by atoms with Crippen LogP contribution >= 0.6 is 0 Å². The lowest BCUT2D eigenvalue weighted by atomic mass is 10.1. The Labute approximate surface area is 108 Å². The number of halogens is 1. The third-order valence-corrected chi connectivity index (χ3v) is 2.79. The number of hydrogen-bond acceptors (Lipinski definition) is 3. The number of carbonyl (C=O) groups excluding carboxylic acids is 2. The molecule has 2 aromatic rings. The van der Waals surface area contributed by atoms with Gasteiger partial charge in [-0.05, 0) is 25.1 Å². The molecule has 0 aliphatic heterocycles. The second-order valence-corrected chi connectivity index (χ2v) is 4.05. The average Bonchev–Trinajstić information content (AvgIpc) is 2.73. The van der Waals surface area contributed by atoms with Crippen LogP contribution in [0.4, 0.5) is 4.39 Å². The Balaban J connectivity index is 2.27. The van der Waals surface area contributed by atoms with Gasteiger partial charge in [0.05, 0.1) is 6.54 Å². The van der Waals surface area contributed by atoms with E-state index in [0.29, 0.717) is 16.5 Å². The molecule has 6 heteroatoms. The Kier molecular flexibility index (Phi) is 3.50. The standard InChI is InChI=1S/C13H13FN2O3/c1-7-9-5-8(14)3-4-10(9)19-12(7)13(18)16-6-11(17)15-2/h3-5H,6H2,1-2H3,(H,15,17)(H,16,18). The summed E-state index contributed by atoms with van der Waals surface area (Å²) in [6.07, 6.45) is 0. The fourth-order valence-electron chi connectivity index (χ4n) is 1.74. The summed E-state index contributed by atoms with van der Waals surface area (Å²) in [5, 5.41) is 5.36. The van der Waals surface area contributed by atoms with Crippen LogP contribution in [-0.2, 0) is 4.79 Å². The molecular weight excluding hydrogens is 251 g/mol. The zero-order valence-electron chi connectivity index (χ0n) is 10.5. The number of fused-ring (bicyclic) bond motifs is 1. The van der Waals surface area contributed by atoms with Gasteiger partial charge in [-0.3, -0.25) is 9.59 Å². The SMILES string of the molecule is CNC(=O)CNC(=O)c1oc2ccc(F)cc2c1C. The van der Waals surface area contributed by atoms with Crippen LogP contribution in [-0.4, -0.2) is 25.4 Å². The van der Waals surface area contributed by atoms with Crippen LogP contribution < -0.4 is 10.6 Å². The molecule has 1 aromatic carbocycles. The van der Waals surface area contributed by atoms with Crippen molar-refractivity contribution in [2.45, 2.75) is 6.92 Å². The third-order valence-electron chi connectivity index (χ3n) is 2.79. The van der Waals surface area contributed by atoms with Gasteiger partial charge in [0.1, 0.15) is 11.4 Å². The molecule has 0 saturated heterocycles. The second-order valence-electron chi connectivity index (χ2n) is 4.05. The molecule has 0 saturated carbocycles. The molecule has 0 fully saturated rings. The van der Waals surface area contributed by atoms with Crippen molar-refractivity contribution in [1.82, 2.24) is 10.6 Å². The number of hydrogen-bond donors (Lipinski definition) is 2. The summed E-state index contributed by atoms with van der Waals surface area (Å²) in [5.41, 5.74) is 0.980. The lowest BCUT2D eigenvalue weighted by molar-refractivity contribution is -0.119. The molecule has 1 aromatic heterocycles. The largest absolute Gasteiger partial charge is 0.451 e. The van der Waals surface area contributed by atoms with Gasteiger partial charge in [0.15, 0.2) is 5.76 Å². The first-order valence-corrected chi connectivity index (χ1v) is 5.70. The Bertz CT molecular complexity index is 649. The van der Waals surface area contributed by atoms with Gasteiger partial charge in [-0.15, -0.1) is 0 Å². The third kappa shape index (κ3) is 2.57. The molecule has 2 amide bonds. The van der Waals surface area contributed by atoms with Crippen LogP contribution in [0.25, 0.3) is 11.0 Å². The van der Waals surface area contributed by atoms with E-state index in [0.717, 1.165) is 0 Å². The quantitative estimate of drug-likeness (QED) is 0.879. The minimum absolute atomic E-state index is 0.0875. The van der Waals surface area contributed by atoms with Crippen molar-refractivity contribution in [2.24, 2.45) is 0 Å². The van der Waals surface area contributed by atoms with Crippen molar-refractivity contribution in [1.29, 1.82) is 0 Å². The summed E-state index contributed by atoms with van der Waals surface area (Å²) in [7, 11) is 1.48. The Morgan fingerprint density at radius 2 is 2.11 bits per heavy atom. The van der Waals surface area contributed by atoms with E-state index < -0.39 is 11.7 Å². The molecule has 100 valence electrons. The molecule has 0 unspecified atom stereocenters. The van der Waals surface area contributed by atoms with Crippen LogP contribution in [0.5, 0.6) is 0 Å². The van der Waals surface area contributed by atoms with Crippen molar-refractivity contribution in [3.8, 4) is 0 Å². The normalized spacial score (nSPS) is 10.5. The summed E-state index contributed by atoms with van der Waals surface area (Å²) < 4.78 is 18.5. The number of furan rings is 1.